The van der Waals surface area contributed by atoms with Crippen LogP contribution in [0.1, 0.15) is 27.7 Å². The van der Waals surface area contributed by atoms with Gasteiger partial charge in [-0.2, -0.15) is 11.3 Å². The Kier molecular flexibility index (Phi) is 3.82. The maximum Gasteiger partial charge on any atom is 0.271 e. The van der Waals surface area contributed by atoms with Crippen LogP contribution in [-0.2, 0) is 6.42 Å². The van der Waals surface area contributed by atoms with Crippen LogP contribution in [0.2, 0.25) is 0 Å². The van der Waals surface area contributed by atoms with E-state index in [-0.39, 0.29) is 11.8 Å². The Labute approximate surface area is 143 Å². The second-order valence-electron chi connectivity index (χ2n) is 5.78. The standard InChI is InChI=1S/C18H17N3O2S/c1-23-15-5-3-2-4-13(15)12-8-14-16(18(22)19-9-12)21-17(20-14)11-6-7-24-10-11/h2-7,10,12H,8-9H2,1H3,(H,19,22)(H,20,21). The molecule has 0 saturated heterocycles. The van der Waals surface area contributed by atoms with Crippen LogP contribution >= 0.6 is 11.3 Å². The van der Waals surface area contributed by atoms with Crippen molar-refractivity contribution in [3.8, 4) is 17.1 Å². The van der Waals surface area contributed by atoms with Crippen molar-refractivity contribution in [3.05, 3.63) is 58.0 Å². The van der Waals surface area contributed by atoms with Gasteiger partial charge in [0.05, 0.1) is 7.11 Å². The molecule has 1 aliphatic heterocycles. The van der Waals surface area contributed by atoms with Crippen LogP contribution in [0.3, 0.4) is 0 Å². The lowest BCUT2D eigenvalue weighted by atomic mass is 9.93. The highest BCUT2D eigenvalue weighted by Crippen LogP contribution is 2.32. The molecule has 0 saturated carbocycles. The Balaban J connectivity index is 1.72. The Hall–Kier alpha value is -2.60. The average Bonchev–Trinajstić information content (AvgIpc) is 3.25. The Morgan fingerprint density at radius 3 is 2.96 bits per heavy atom. The number of benzene rings is 1. The molecule has 1 atom stereocenters. The number of carbonyl (C=O) groups excluding carboxylic acids is 1. The molecule has 24 heavy (non-hydrogen) atoms. The maximum absolute atomic E-state index is 12.4. The van der Waals surface area contributed by atoms with Crippen molar-refractivity contribution >= 4 is 17.2 Å². The number of amides is 1. The van der Waals surface area contributed by atoms with Crippen molar-refractivity contribution in [1.82, 2.24) is 15.3 Å². The molecule has 1 unspecified atom stereocenters. The van der Waals surface area contributed by atoms with Gasteiger partial charge in [0.1, 0.15) is 17.3 Å². The van der Waals surface area contributed by atoms with Crippen LogP contribution in [0.15, 0.2) is 41.1 Å². The molecule has 122 valence electrons. The fourth-order valence-electron chi connectivity index (χ4n) is 3.12. The number of hydrogen-bond donors (Lipinski definition) is 2. The van der Waals surface area contributed by atoms with Crippen LogP contribution in [-0.4, -0.2) is 29.5 Å². The number of thiophene rings is 1. The number of aromatic nitrogens is 2. The van der Waals surface area contributed by atoms with Gasteiger partial charge in [-0.25, -0.2) is 4.98 Å². The van der Waals surface area contributed by atoms with Crippen molar-refractivity contribution in [3.63, 3.8) is 0 Å². The first-order valence-electron chi connectivity index (χ1n) is 7.79. The number of nitrogens with zero attached hydrogens (tertiary/aromatic N) is 1. The Bertz CT molecular complexity index is 870. The summed E-state index contributed by atoms with van der Waals surface area (Å²) in [4.78, 5) is 20.2. The fraction of sp³-hybridized carbons (Fsp3) is 0.222. The molecular weight excluding hydrogens is 322 g/mol. The molecule has 3 aromatic rings. The Morgan fingerprint density at radius 1 is 1.29 bits per heavy atom. The van der Waals surface area contributed by atoms with E-state index in [0.717, 1.165) is 28.4 Å². The van der Waals surface area contributed by atoms with E-state index in [1.807, 2.05) is 35.0 Å². The molecular formula is C18H17N3O2S. The largest absolute Gasteiger partial charge is 0.496 e. The quantitative estimate of drug-likeness (QED) is 0.770. The molecule has 1 aliphatic rings. The summed E-state index contributed by atoms with van der Waals surface area (Å²) < 4.78 is 5.48. The van der Waals surface area contributed by atoms with Gasteiger partial charge in [0.15, 0.2) is 0 Å². The summed E-state index contributed by atoms with van der Waals surface area (Å²) in [5.41, 5.74) is 3.48. The highest BCUT2D eigenvalue weighted by molar-refractivity contribution is 7.08. The number of nitrogens with one attached hydrogen (secondary N) is 2. The lowest BCUT2D eigenvalue weighted by Gasteiger charge is -2.17. The molecule has 2 N–H and O–H groups in total. The molecule has 6 heteroatoms. The highest BCUT2D eigenvalue weighted by Gasteiger charge is 2.27. The van der Waals surface area contributed by atoms with Gasteiger partial charge in [-0.05, 0) is 29.5 Å². The minimum atomic E-state index is -0.125. The van der Waals surface area contributed by atoms with Gasteiger partial charge < -0.3 is 15.0 Å². The van der Waals surface area contributed by atoms with E-state index < -0.39 is 0 Å². The van der Waals surface area contributed by atoms with E-state index in [9.17, 15) is 4.79 Å². The minimum Gasteiger partial charge on any atom is -0.496 e. The molecule has 0 radical (unpaired) electrons. The molecule has 4 rings (SSSR count). The van der Waals surface area contributed by atoms with Crippen LogP contribution in [0.25, 0.3) is 11.4 Å². The molecule has 1 amide bonds. The zero-order valence-corrected chi connectivity index (χ0v) is 14.0. The number of para-hydroxylation sites is 1. The van der Waals surface area contributed by atoms with Crippen molar-refractivity contribution in [1.29, 1.82) is 0 Å². The predicted octanol–water partition coefficient (Wildman–Crippen LogP) is 3.22. The summed E-state index contributed by atoms with van der Waals surface area (Å²) in [6, 6.07) is 9.95. The highest BCUT2D eigenvalue weighted by atomic mass is 32.1. The summed E-state index contributed by atoms with van der Waals surface area (Å²) in [5.74, 6) is 1.61. The summed E-state index contributed by atoms with van der Waals surface area (Å²) in [7, 11) is 1.67. The summed E-state index contributed by atoms with van der Waals surface area (Å²) in [5, 5.41) is 7.01. The molecule has 0 bridgehead atoms. The second-order valence-corrected chi connectivity index (χ2v) is 6.56. The summed E-state index contributed by atoms with van der Waals surface area (Å²) >= 11 is 1.61. The monoisotopic (exact) mass is 339 g/mol. The number of carbonyl (C=O) groups is 1. The molecule has 0 aliphatic carbocycles. The molecule has 5 nitrogen and oxygen atoms in total. The zero-order valence-electron chi connectivity index (χ0n) is 13.2. The van der Waals surface area contributed by atoms with Crippen LogP contribution in [0.4, 0.5) is 0 Å². The molecule has 0 fully saturated rings. The van der Waals surface area contributed by atoms with Gasteiger partial charge in [-0.1, -0.05) is 18.2 Å². The normalized spacial score (nSPS) is 17.0. The SMILES string of the molecule is COc1ccccc1C1CNC(=O)c2nc(-c3ccsc3)[nH]c2C1. The number of ether oxygens (including phenoxy) is 1. The Morgan fingerprint density at radius 2 is 2.17 bits per heavy atom. The van der Waals surface area contributed by atoms with Gasteiger partial charge in [0.2, 0.25) is 0 Å². The third kappa shape index (κ3) is 2.59. The second kappa shape index (κ2) is 6.13. The first-order chi connectivity index (χ1) is 11.8. The van der Waals surface area contributed by atoms with Crippen LogP contribution < -0.4 is 10.1 Å². The fourth-order valence-corrected chi connectivity index (χ4v) is 3.76. The number of fused-ring (bicyclic) bond motifs is 1. The van der Waals surface area contributed by atoms with Gasteiger partial charge >= 0.3 is 0 Å². The zero-order chi connectivity index (χ0) is 16.5. The van der Waals surface area contributed by atoms with E-state index >= 15 is 0 Å². The van der Waals surface area contributed by atoms with E-state index in [0.29, 0.717) is 18.7 Å². The smallest absolute Gasteiger partial charge is 0.271 e. The van der Waals surface area contributed by atoms with Gasteiger partial charge in [-0.3, -0.25) is 4.79 Å². The predicted molar refractivity (Wildman–Crippen MR) is 93.7 cm³/mol. The molecule has 2 aromatic heterocycles. The molecule has 0 spiro atoms. The topological polar surface area (TPSA) is 67.0 Å². The number of imidazole rings is 1. The van der Waals surface area contributed by atoms with E-state index in [1.165, 1.54) is 0 Å². The van der Waals surface area contributed by atoms with Crippen molar-refractivity contribution in [2.75, 3.05) is 13.7 Å². The van der Waals surface area contributed by atoms with Gasteiger partial charge in [-0.15, -0.1) is 0 Å². The number of aromatic amines is 1. The van der Waals surface area contributed by atoms with Crippen molar-refractivity contribution in [2.45, 2.75) is 12.3 Å². The van der Waals surface area contributed by atoms with Crippen molar-refractivity contribution < 1.29 is 9.53 Å². The molecule has 1 aromatic carbocycles. The lowest BCUT2D eigenvalue weighted by Crippen LogP contribution is -2.26. The van der Waals surface area contributed by atoms with E-state index in [1.54, 1.807) is 18.4 Å². The van der Waals surface area contributed by atoms with Gasteiger partial charge in [0.25, 0.3) is 5.91 Å². The number of hydrogen-bond acceptors (Lipinski definition) is 4. The first kappa shape index (κ1) is 15.0. The van der Waals surface area contributed by atoms with Crippen molar-refractivity contribution in [2.24, 2.45) is 0 Å². The third-order valence-electron chi connectivity index (χ3n) is 4.33. The minimum absolute atomic E-state index is 0.125. The average molecular weight is 339 g/mol. The van der Waals surface area contributed by atoms with E-state index in [4.69, 9.17) is 4.74 Å². The molecule has 3 heterocycles. The van der Waals surface area contributed by atoms with Crippen LogP contribution in [0.5, 0.6) is 5.75 Å². The first-order valence-corrected chi connectivity index (χ1v) is 8.73. The van der Waals surface area contributed by atoms with E-state index in [2.05, 4.69) is 21.4 Å². The van der Waals surface area contributed by atoms with Crippen LogP contribution in [0, 0.1) is 0 Å². The summed E-state index contributed by atoms with van der Waals surface area (Å²) in [6.07, 6.45) is 0.714. The maximum atomic E-state index is 12.4. The van der Waals surface area contributed by atoms with Gasteiger partial charge in [0, 0.05) is 29.1 Å². The lowest BCUT2D eigenvalue weighted by molar-refractivity contribution is 0.0950. The third-order valence-corrected chi connectivity index (χ3v) is 5.01. The summed E-state index contributed by atoms with van der Waals surface area (Å²) in [6.45, 7) is 0.567. The number of methoxy groups -OCH3 is 1. The number of rotatable bonds is 3. The number of H-pyrrole nitrogens is 1.